The van der Waals surface area contributed by atoms with Crippen LogP contribution in [0.3, 0.4) is 0 Å². The topological polar surface area (TPSA) is 0 Å². The van der Waals surface area contributed by atoms with E-state index in [4.69, 9.17) is 0 Å². The molecule has 0 amide bonds. The molecule has 0 spiro atoms. The molecule has 0 atom stereocenters. The average Bonchev–Trinajstić information content (AvgIpc) is 2.69. The van der Waals surface area contributed by atoms with E-state index in [-0.39, 0.29) is 0 Å². The molecule has 0 heterocycles. The summed E-state index contributed by atoms with van der Waals surface area (Å²) >= 11 is 3.60. The van der Waals surface area contributed by atoms with E-state index in [0.717, 1.165) is 11.3 Å². The van der Waals surface area contributed by atoms with E-state index in [2.05, 4.69) is 29.8 Å². The van der Waals surface area contributed by atoms with Gasteiger partial charge in [0.1, 0.15) is 0 Å². The first-order valence-electron chi connectivity index (χ1n) is 4.74. The summed E-state index contributed by atoms with van der Waals surface area (Å²) < 4.78 is 0. The van der Waals surface area contributed by atoms with Gasteiger partial charge in [0, 0.05) is 5.33 Å². The Balaban J connectivity index is 2.03. The highest BCUT2D eigenvalue weighted by molar-refractivity contribution is 9.09. The zero-order chi connectivity index (χ0) is 8.32. The van der Waals surface area contributed by atoms with Gasteiger partial charge in [-0.1, -0.05) is 42.6 Å². The molecule has 1 fully saturated rings. The van der Waals surface area contributed by atoms with Gasteiger partial charge >= 0.3 is 0 Å². The van der Waals surface area contributed by atoms with Crippen LogP contribution < -0.4 is 0 Å². The molecule has 1 aliphatic rings. The van der Waals surface area contributed by atoms with Crippen LogP contribution in [0.2, 0.25) is 0 Å². The van der Waals surface area contributed by atoms with Crippen molar-refractivity contribution in [1.29, 1.82) is 0 Å². The van der Waals surface area contributed by atoms with Crippen molar-refractivity contribution in [3.63, 3.8) is 0 Å². The maximum absolute atomic E-state index is 3.60. The Hall–Kier alpha value is 0.480. The van der Waals surface area contributed by atoms with E-state index in [9.17, 15) is 0 Å². The fraction of sp³-hybridized carbons (Fsp3) is 1.00. The zero-order valence-corrected chi connectivity index (χ0v) is 9.28. The van der Waals surface area contributed by atoms with E-state index in [1.807, 2.05) is 0 Å². The van der Waals surface area contributed by atoms with Gasteiger partial charge in [-0.05, 0) is 30.6 Å². The van der Waals surface area contributed by atoms with Crippen molar-refractivity contribution in [2.24, 2.45) is 11.3 Å². The normalized spacial score (nSPS) is 20.7. The van der Waals surface area contributed by atoms with Crippen LogP contribution >= 0.6 is 15.9 Å². The lowest BCUT2D eigenvalue weighted by atomic mass is 9.98. The van der Waals surface area contributed by atoms with E-state index in [1.54, 1.807) is 0 Å². The molecule has 0 unspecified atom stereocenters. The third-order valence-corrected chi connectivity index (χ3v) is 3.92. The Morgan fingerprint density at radius 3 is 2.36 bits per heavy atom. The van der Waals surface area contributed by atoms with Gasteiger partial charge in [0.25, 0.3) is 0 Å². The predicted molar refractivity (Wildman–Crippen MR) is 54.2 cm³/mol. The molecule has 66 valence electrons. The van der Waals surface area contributed by atoms with Crippen LogP contribution in [-0.4, -0.2) is 5.33 Å². The lowest BCUT2D eigenvalue weighted by Crippen LogP contribution is -2.02. The second kappa shape index (κ2) is 3.93. The molecule has 0 aromatic rings. The summed E-state index contributed by atoms with van der Waals surface area (Å²) in [4.78, 5) is 0. The Bertz CT molecular complexity index is 114. The highest BCUT2D eigenvalue weighted by Gasteiger charge is 2.40. The van der Waals surface area contributed by atoms with Crippen molar-refractivity contribution < 1.29 is 0 Å². The minimum atomic E-state index is 0.745. The summed E-state index contributed by atoms with van der Waals surface area (Å²) in [6.07, 6.45) is 7.24. The summed E-state index contributed by atoms with van der Waals surface area (Å²) in [7, 11) is 0. The lowest BCUT2D eigenvalue weighted by molar-refractivity contribution is 0.452. The average molecular weight is 219 g/mol. The van der Waals surface area contributed by atoms with Crippen molar-refractivity contribution in [3.8, 4) is 0 Å². The molecular weight excluding hydrogens is 200 g/mol. The first kappa shape index (κ1) is 9.57. The molecule has 0 saturated heterocycles. The summed E-state index contributed by atoms with van der Waals surface area (Å²) in [6, 6.07) is 0. The molecule has 0 radical (unpaired) electrons. The first-order valence-corrected chi connectivity index (χ1v) is 5.87. The van der Waals surface area contributed by atoms with Crippen molar-refractivity contribution >= 4 is 15.9 Å². The number of rotatable bonds is 5. The quantitative estimate of drug-likeness (QED) is 0.613. The molecule has 1 rings (SSSR count). The molecular formula is C10H19Br. The number of hydrogen-bond acceptors (Lipinski definition) is 0. The molecule has 0 aliphatic heterocycles. The Morgan fingerprint density at radius 2 is 2.00 bits per heavy atom. The Labute approximate surface area is 78.9 Å². The molecule has 1 aliphatic carbocycles. The summed E-state index contributed by atoms with van der Waals surface area (Å²) in [6.45, 7) is 4.63. The summed E-state index contributed by atoms with van der Waals surface area (Å²) in [5.41, 5.74) is 0.745. The number of hydrogen-bond donors (Lipinski definition) is 0. The highest BCUT2D eigenvalue weighted by Crippen LogP contribution is 2.51. The van der Waals surface area contributed by atoms with Gasteiger partial charge in [-0.15, -0.1) is 0 Å². The van der Waals surface area contributed by atoms with Crippen molar-refractivity contribution in [1.82, 2.24) is 0 Å². The number of halogens is 1. The van der Waals surface area contributed by atoms with Gasteiger partial charge in [-0.2, -0.15) is 0 Å². The molecule has 0 aromatic carbocycles. The monoisotopic (exact) mass is 218 g/mol. The van der Waals surface area contributed by atoms with Gasteiger partial charge in [-0.3, -0.25) is 0 Å². The van der Waals surface area contributed by atoms with Crippen LogP contribution in [0.5, 0.6) is 0 Å². The zero-order valence-electron chi connectivity index (χ0n) is 7.70. The van der Waals surface area contributed by atoms with Gasteiger partial charge in [0.05, 0.1) is 0 Å². The fourth-order valence-electron chi connectivity index (χ4n) is 1.51. The van der Waals surface area contributed by atoms with Crippen LogP contribution in [0.15, 0.2) is 0 Å². The van der Waals surface area contributed by atoms with Gasteiger partial charge in [0.15, 0.2) is 0 Å². The summed E-state index contributed by atoms with van der Waals surface area (Å²) in [5.74, 6) is 0.890. The second-order valence-corrected chi connectivity index (χ2v) is 4.98. The molecule has 0 nitrogen and oxygen atoms in total. The molecule has 0 N–H and O–H groups in total. The number of alkyl halides is 1. The molecule has 1 heteroatoms. The minimum absolute atomic E-state index is 0.745. The van der Waals surface area contributed by atoms with Gasteiger partial charge in [0.2, 0.25) is 0 Å². The SMILES string of the molecule is CC(C)CCCC1(CBr)CC1. The van der Waals surface area contributed by atoms with E-state index in [1.165, 1.54) is 37.4 Å². The molecule has 1 saturated carbocycles. The summed E-state index contributed by atoms with van der Waals surface area (Å²) in [5, 5.41) is 1.23. The standard InChI is InChI=1S/C10H19Br/c1-9(2)4-3-5-10(8-11)6-7-10/h9H,3-8H2,1-2H3. The van der Waals surface area contributed by atoms with Crippen molar-refractivity contribution in [3.05, 3.63) is 0 Å². The van der Waals surface area contributed by atoms with Gasteiger partial charge in [-0.25, -0.2) is 0 Å². The van der Waals surface area contributed by atoms with E-state index in [0.29, 0.717) is 0 Å². The van der Waals surface area contributed by atoms with Crippen LogP contribution in [0.1, 0.15) is 46.0 Å². The van der Waals surface area contributed by atoms with E-state index >= 15 is 0 Å². The van der Waals surface area contributed by atoms with Crippen LogP contribution in [0.25, 0.3) is 0 Å². The smallest absolute Gasteiger partial charge is 0.00879 e. The highest BCUT2D eigenvalue weighted by atomic mass is 79.9. The molecule has 0 aromatic heterocycles. The Morgan fingerprint density at radius 1 is 1.36 bits per heavy atom. The second-order valence-electron chi connectivity index (χ2n) is 4.42. The Kier molecular flexibility index (Phi) is 3.42. The van der Waals surface area contributed by atoms with Crippen LogP contribution in [-0.2, 0) is 0 Å². The third kappa shape index (κ3) is 3.14. The third-order valence-electron chi connectivity index (χ3n) is 2.73. The lowest BCUT2D eigenvalue weighted by Gasteiger charge is -2.11. The molecule has 11 heavy (non-hydrogen) atoms. The predicted octanol–water partition coefficient (Wildman–Crippen LogP) is 3.99. The van der Waals surface area contributed by atoms with Crippen LogP contribution in [0, 0.1) is 11.3 Å². The minimum Gasteiger partial charge on any atom is -0.0922 e. The first-order chi connectivity index (χ1) is 5.18. The largest absolute Gasteiger partial charge is 0.0922 e. The molecule has 0 bridgehead atoms. The van der Waals surface area contributed by atoms with Gasteiger partial charge < -0.3 is 0 Å². The van der Waals surface area contributed by atoms with E-state index < -0.39 is 0 Å². The fourth-order valence-corrected chi connectivity index (χ4v) is 2.35. The maximum atomic E-state index is 3.60. The van der Waals surface area contributed by atoms with Crippen molar-refractivity contribution in [2.75, 3.05) is 5.33 Å². The van der Waals surface area contributed by atoms with Crippen LogP contribution in [0.4, 0.5) is 0 Å². The maximum Gasteiger partial charge on any atom is 0.00879 e. The van der Waals surface area contributed by atoms with Crippen molar-refractivity contribution in [2.45, 2.75) is 46.0 Å².